The number of halogens is 3. The van der Waals surface area contributed by atoms with E-state index in [0.29, 0.717) is 11.3 Å². The van der Waals surface area contributed by atoms with Crippen LogP contribution in [0.2, 0.25) is 0 Å². The van der Waals surface area contributed by atoms with Crippen molar-refractivity contribution in [2.45, 2.75) is 19.5 Å². The number of fused-ring (bicyclic) bond motifs is 1. The molecule has 3 aromatic rings. The van der Waals surface area contributed by atoms with Gasteiger partial charge in [-0.2, -0.15) is 13.2 Å². The Morgan fingerprint density at radius 1 is 1.06 bits per heavy atom. The molecule has 5 nitrogen and oxygen atoms in total. The van der Waals surface area contributed by atoms with Crippen molar-refractivity contribution in [2.75, 3.05) is 11.9 Å². The van der Waals surface area contributed by atoms with Crippen LogP contribution in [0.25, 0.3) is 11.3 Å². The zero-order chi connectivity index (χ0) is 22.0. The molecule has 0 unspecified atom stereocenters. The standard InChI is InChI=1S/C23H18F3N3O2/c1-2-31-21-12-20-19(11-16(21)23(24,25)26)29-22(30)13-18(28-20)15-7-5-6-14(10-15)17-8-3-4-9-27-17/h3-12H,2,13H2,1H3,(H,29,30). The monoisotopic (exact) mass is 425 g/mol. The molecule has 1 aliphatic rings. The second kappa shape index (κ2) is 8.22. The number of hydrogen-bond donors (Lipinski definition) is 1. The number of aromatic nitrogens is 1. The predicted molar refractivity (Wildman–Crippen MR) is 112 cm³/mol. The van der Waals surface area contributed by atoms with Crippen molar-refractivity contribution in [3.63, 3.8) is 0 Å². The second-order valence-electron chi connectivity index (χ2n) is 6.88. The quantitative estimate of drug-likeness (QED) is 0.589. The molecule has 4 rings (SSSR count). The Balaban J connectivity index is 1.81. The lowest BCUT2D eigenvalue weighted by Gasteiger charge is -2.16. The molecule has 1 amide bonds. The van der Waals surface area contributed by atoms with Gasteiger partial charge in [0.2, 0.25) is 5.91 Å². The molecule has 1 N–H and O–H groups in total. The highest BCUT2D eigenvalue weighted by Crippen LogP contribution is 2.43. The number of nitrogens with zero attached hydrogens (tertiary/aromatic N) is 2. The number of ether oxygens (including phenoxy) is 1. The van der Waals surface area contributed by atoms with Gasteiger partial charge < -0.3 is 10.1 Å². The highest BCUT2D eigenvalue weighted by Gasteiger charge is 2.36. The van der Waals surface area contributed by atoms with E-state index in [4.69, 9.17) is 4.74 Å². The third-order valence-electron chi connectivity index (χ3n) is 4.72. The SMILES string of the molecule is CCOc1cc2c(cc1C(F)(F)F)NC(=O)CC(c1cccc(-c3ccccn3)c1)=N2. The molecule has 1 aliphatic heterocycles. The van der Waals surface area contributed by atoms with Crippen molar-refractivity contribution in [3.8, 4) is 17.0 Å². The molecule has 0 fully saturated rings. The van der Waals surface area contributed by atoms with E-state index in [0.717, 1.165) is 17.3 Å². The first-order chi connectivity index (χ1) is 14.8. The minimum absolute atomic E-state index is 0.00309. The number of rotatable bonds is 4. The van der Waals surface area contributed by atoms with E-state index in [1.54, 1.807) is 19.2 Å². The number of carbonyl (C=O) groups is 1. The Labute approximate surface area is 176 Å². The normalized spacial score (nSPS) is 13.7. The van der Waals surface area contributed by atoms with Crippen LogP contribution < -0.4 is 10.1 Å². The molecule has 2 aromatic carbocycles. The van der Waals surface area contributed by atoms with E-state index in [2.05, 4.69) is 15.3 Å². The molecular formula is C23H18F3N3O2. The van der Waals surface area contributed by atoms with E-state index in [1.807, 2.05) is 36.4 Å². The number of carbonyl (C=O) groups excluding carboxylic acids is 1. The zero-order valence-corrected chi connectivity index (χ0v) is 16.5. The first-order valence-corrected chi connectivity index (χ1v) is 9.62. The number of alkyl halides is 3. The average Bonchev–Trinajstić information content (AvgIpc) is 2.91. The zero-order valence-electron chi connectivity index (χ0n) is 16.5. The number of anilines is 1. The molecule has 0 spiro atoms. The van der Waals surface area contributed by atoms with E-state index in [9.17, 15) is 18.0 Å². The van der Waals surface area contributed by atoms with Gasteiger partial charge in [-0.3, -0.25) is 9.78 Å². The van der Waals surface area contributed by atoms with E-state index >= 15 is 0 Å². The maximum Gasteiger partial charge on any atom is 0.420 e. The number of amides is 1. The van der Waals surface area contributed by atoms with Crippen LogP contribution in [-0.2, 0) is 11.0 Å². The van der Waals surface area contributed by atoms with Gasteiger partial charge in [0.05, 0.1) is 41.4 Å². The molecule has 31 heavy (non-hydrogen) atoms. The Morgan fingerprint density at radius 3 is 2.58 bits per heavy atom. The highest BCUT2D eigenvalue weighted by atomic mass is 19.4. The number of benzene rings is 2. The molecule has 0 saturated carbocycles. The molecule has 0 atom stereocenters. The maximum atomic E-state index is 13.5. The Bertz CT molecular complexity index is 1160. The van der Waals surface area contributed by atoms with Crippen LogP contribution in [0.3, 0.4) is 0 Å². The summed E-state index contributed by atoms with van der Waals surface area (Å²) in [5.74, 6) is -0.770. The van der Waals surface area contributed by atoms with Gasteiger partial charge in [-0.25, -0.2) is 4.99 Å². The lowest BCUT2D eigenvalue weighted by molar-refractivity contribution is -0.138. The van der Waals surface area contributed by atoms with Gasteiger partial charge in [0.15, 0.2) is 0 Å². The van der Waals surface area contributed by atoms with Gasteiger partial charge in [0.1, 0.15) is 5.75 Å². The predicted octanol–water partition coefficient (Wildman–Crippen LogP) is 5.63. The lowest BCUT2D eigenvalue weighted by atomic mass is 10.0. The van der Waals surface area contributed by atoms with Gasteiger partial charge in [-0.15, -0.1) is 0 Å². The van der Waals surface area contributed by atoms with Gasteiger partial charge >= 0.3 is 6.18 Å². The van der Waals surface area contributed by atoms with Crippen LogP contribution in [0, 0.1) is 0 Å². The second-order valence-corrected chi connectivity index (χ2v) is 6.88. The summed E-state index contributed by atoms with van der Waals surface area (Å²) in [5, 5.41) is 2.53. The third-order valence-corrected chi connectivity index (χ3v) is 4.72. The fourth-order valence-electron chi connectivity index (χ4n) is 3.35. The summed E-state index contributed by atoms with van der Waals surface area (Å²) >= 11 is 0. The molecule has 2 heterocycles. The molecule has 0 radical (unpaired) electrons. The van der Waals surface area contributed by atoms with Crippen LogP contribution in [0.4, 0.5) is 24.5 Å². The van der Waals surface area contributed by atoms with Crippen molar-refractivity contribution in [1.29, 1.82) is 0 Å². The van der Waals surface area contributed by atoms with Crippen LogP contribution in [0.1, 0.15) is 24.5 Å². The maximum absolute atomic E-state index is 13.5. The van der Waals surface area contributed by atoms with Crippen LogP contribution >= 0.6 is 0 Å². The van der Waals surface area contributed by atoms with Gasteiger partial charge in [0.25, 0.3) is 0 Å². The minimum Gasteiger partial charge on any atom is -0.493 e. The van der Waals surface area contributed by atoms with Gasteiger partial charge in [-0.1, -0.05) is 24.3 Å². The minimum atomic E-state index is -4.62. The van der Waals surface area contributed by atoms with E-state index in [1.165, 1.54) is 6.07 Å². The third kappa shape index (κ3) is 4.42. The van der Waals surface area contributed by atoms with E-state index < -0.39 is 17.6 Å². The summed E-state index contributed by atoms with van der Waals surface area (Å²) in [6.45, 7) is 1.67. The van der Waals surface area contributed by atoms with Crippen molar-refractivity contribution in [2.24, 2.45) is 4.99 Å². The number of hydrogen-bond acceptors (Lipinski definition) is 4. The van der Waals surface area contributed by atoms with E-state index in [-0.39, 0.29) is 30.2 Å². The molecule has 0 saturated heterocycles. The summed E-state index contributed by atoms with van der Waals surface area (Å²) in [5.41, 5.74) is 1.98. The Morgan fingerprint density at radius 2 is 1.87 bits per heavy atom. The first-order valence-electron chi connectivity index (χ1n) is 9.62. The highest BCUT2D eigenvalue weighted by molar-refractivity contribution is 6.17. The summed E-state index contributed by atoms with van der Waals surface area (Å²) < 4.78 is 45.6. The molecule has 0 aliphatic carbocycles. The van der Waals surface area contributed by atoms with Crippen LogP contribution in [0.15, 0.2) is 65.8 Å². The number of pyridine rings is 1. The number of nitrogens with one attached hydrogen (secondary N) is 1. The summed E-state index contributed by atoms with van der Waals surface area (Å²) in [6.07, 6.45) is -3.02. The molecule has 8 heteroatoms. The summed E-state index contributed by atoms with van der Waals surface area (Å²) in [4.78, 5) is 21.3. The smallest absolute Gasteiger partial charge is 0.420 e. The summed E-state index contributed by atoms with van der Waals surface area (Å²) in [6, 6.07) is 15.0. The topological polar surface area (TPSA) is 63.6 Å². The molecule has 158 valence electrons. The van der Waals surface area contributed by atoms with Crippen molar-refractivity contribution < 1.29 is 22.7 Å². The van der Waals surface area contributed by atoms with Crippen LogP contribution in [-0.4, -0.2) is 23.2 Å². The average molecular weight is 425 g/mol. The molecule has 1 aromatic heterocycles. The fourth-order valence-corrected chi connectivity index (χ4v) is 3.35. The largest absolute Gasteiger partial charge is 0.493 e. The van der Waals surface area contributed by atoms with Gasteiger partial charge in [-0.05, 0) is 36.8 Å². The fraction of sp³-hybridized carbons (Fsp3) is 0.174. The van der Waals surface area contributed by atoms with Crippen LogP contribution in [0.5, 0.6) is 5.75 Å². The lowest BCUT2D eigenvalue weighted by Crippen LogP contribution is -2.15. The molecule has 0 bridgehead atoms. The Hall–Kier alpha value is -3.68. The first kappa shape index (κ1) is 20.6. The Kier molecular flexibility index (Phi) is 5.46. The number of aliphatic imine (C=N–C) groups is 1. The molecular weight excluding hydrogens is 407 g/mol. The van der Waals surface area contributed by atoms with Crippen molar-refractivity contribution in [3.05, 3.63) is 71.9 Å². The van der Waals surface area contributed by atoms with Crippen molar-refractivity contribution >= 4 is 23.0 Å². The summed E-state index contributed by atoms with van der Waals surface area (Å²) in [7, 11) is 0. The van der Waals surface area contributed by atoms with Gasteiger partial charge in [0, 0.05) is 17.8 Å². The van der Waals surface area contributed by atoms with Crippen molar-refractivity contribution in [1.82, 2.24) is 4.98 Å².